The van der Waals surface area contributed by atoms with Crippen LogP contribution in [0.1, 0.15) is 42.4 Å². The molecule has 0 bridgehead atoms. The number of esters is 1. The number of nitrogens with zero attached hydrogens (tertiary/aromatic N) is 2. The Bertz CT molecular complexity index is 801. The van der Waals surface area contributed by atoms with E-state index in [-0.39, 0.29) is 18.3 Å². The van der Waals surface area contributed by atoms with Crippen LogP contribution in [-0.2, 0) is 16.0 Å². The number of hydrogen-bond acceptors (Lipinski definition) is 8. The zero-order valence-electron chi connectivity index (χ0n) is 15.9. The number of carbonyl (C=O) groups is 2. The molecule has 2 aromatic heterocycles. The molecule has 0 aliphatic rings. The summed E-state index contributed by atoms with van der Waals surface area (Å²) in [5.74, 6) is 0.212. The lowest BCUT2D eigenvalue weighted by Crippen LogP contribution is -2.17. The van der Waals surface area contributed by atoms with E-state index in [1.165, 1.54) is 23.1 Å². The predicted molar refractivity (Wildman–Crippen MR) is 109 cm³/mol. The Balaban J connectivity index is 2.09. The van der Waals surface area contributed by atoms with Gasteiger partial charge in [0, 0.05) is 11.8 Å². The molecule has 2 aromatic rings. The molecule has 3 N–H and O–H groups in total. The number of hydrogen-bond donors (Lipinski definition) is 2. The van der Waals surface area contributed by atoms with Gasteiger partial charge in [0.25, 0.3) is 0 Å². The zero-order valence-corrected chi connectivity index (χ0v) is 17.5. The monoisotopic (exact) mass is 408 g/mol. The second kappa shape index (κ2) is 9.70. The van der Waals surface area contributed by atoms with Crippen LogP contribution in [0.5, 0.6) is 0 Å². The molecule has 0 aromatic carbocycles. The number of aryl methyl sites for hydroxylation is 1. The molecule has 2 rings (SSSR count). The normalized spacial score (nSPS) is 10.9. The molecule has 9 heteroatoms. The van der Waals surface area contributed by atoms with Gasteiger partial charge in [-0.1, -0.05) is 25.6 Å². The number of nitrogens with one attached hydrogen (secondary N) is 1. The Morgan fingerprint density at radius 2 is 2.11 bits per heavy atom. The average molecular weight is 409 g/mol. The van der Waals surface area contributed by atoms with Gasteiger partial charge in [0.15, 0.2) is 5.16 Å². The Morgan fingerprint density at radius 1 is 1.37 bits per heavy atom. The molecular weight excluding hydrogens is 384 g/mol. The molecule has 0 radical (unpaired) electrons. The number of anilines is 2. The first kappa shape index (κ1) is 21.2. The third-order valence-corrected chi connectivity index (χ3v) is 5.21. The first-order valence-electron chi connectivity index (χ1n) is 8.61. The van der Waals surface area contributed by atoms with Crippen LogP contribution in [0.3, 0.4) is 0 Å². The number of rotatable bonds is 8. The van der Waals surface area contributed by atoms with Crippen molar-refractivity contribution in [2.24, 2.45) is 5.92 Å². The smallest absolute Gasteiger partial charge is 0.341 e. The minimum Gasteiger partial charge on any atom is -0.462 e. The Labute approximate surface area is 167 Å². The van der Waals surface area contributed by atoms with Gasteiger partial charge in [-0.15, -0.1) is 11.3 Å². The molecule has 0 fully saturated rings. The number of nitrogen functional groups attached to an aromatic ring is 1. The zero-order chi connectivity index (χ0) is 20.0. The van der Waals surface area contributed by atoms with E-state index in [1.807, 2.05) is 12.3 Å². The fourth-order valence-electron chi connectivity index (χ4n) is 2.42. The van der Waals surface area contributed by atoms with Crippen molar-refractivity contribution in [2.45, 2.75) is 39.3 Å². The van der Waals surface area contributed by atoms with Gasteiger partial charge in [0.2, 0.25) is 5.91 Å². The van der Waals surface area contributed by atoms with Gasteiger partial charge in [0.05, 0.1) is 17.9 Å². The van der Waals surface area contributed by atoms with E-state index in [1.54, 1.807) is 13.0 Å². The minimum atomic E-state index is -0.410. The molecule has 0 saturated heterocycles. The molecule has 7 nitrogen and oxygen atoms in total. The van der Waals surface area contributed by atoms with Crippen molar-refractivity contribution in [3.63, 3.8) is 0 Å². The summed E-state index contributed by atoms with van der Waals surface area (Å²) in [7, 11) is 0. The summed E-state index contributed by atoms with van der Waals surface area (Å²) in [6, 6.07) is 1.66. The highest BCUT2D eigenvalue weighted by Crippen LogP contribution is 2.31. The number of carbonyl (C=O) groups excluding carboxylic acids is 2. The predicted octanol–water partition coefficient (Wildman–Crippen LogP) is 3.53. The first-order chi connectivity index (χ1) is 12.8. The van der Waals surface area contributed by atoms with Crippen molar-refractivity contribution in [2.75, 3.05) is 23.4 Å². The van der Waals surface area contributed by atoms with E-state index in [4.69, 9.17) is 10.5 Å². The van der Waals surface area contributed by atoms with Gasteiger partial charge in [-0.25, -0.2) is 14.8 Å². The van der Waals surface area contributed by atoms with E-state index < -0.39 is 5.97 Å². The second-order valence-electron chi connectivity index (χ2n) is 6.34. The quantitative estimate of drug-likeness (QED) is 0.391. The molecule has 0 spiro atoms. The van der Waals surface area contributed by atoms with Crippen molar-refractivity contribution in [1.82, 2.24) is 9.97 Å². The van der Waals surface area contributed by atoms with Gasteiger partial charge in [-0.05, 0) is 37.1 Å². The van der Waals surface area contributed by atoms with Crippen LogP contribution >= 0.6 is 23.1 Å². The molecule has 27 heavy (non-hydrogen) atoms. The molecular formula is C18H24N4O3S2. The molecule has 2 heterocycles. The van der Waals surface area contributed by atoms with Crippen molar-refractivity contribution < 1.29 is 14.3 Å². The maximum Gasteiger partial charge on any atom is 0.341 e. The van der Waals surface area contributed by atoms with Gasteiger partial charge in [0.1, 0.15) is 10.8 Å². The van der Waals surface area contributed by atoms with Gasteiger partial charge in [-0.2, -0.15) is 0 Å². The lowest BCUT2D eigenvalue weighted by atomic mass is 10.0. The Hall–Kier alpha value is -2.13. The van der Waals surface area contributed by atoms with E-state index in [2.05, 4.69) is 29.1 Å². The van der Waals surface area contributed by atoms with Crippen molar-refractivity contribution in [1.29, 1.82) is 0 Å². The highest BCUT2D eigenvalue weighted by atomic mass is 32.2. The number of aromatic nitrogens is 2. The summed E-state index contributed by atoms with van der Waals surface area (Å²) in [4.78, 5) is 33.1. The summed E-state index contributed by atoms with van der Waals surface area (Å²) >= 11 is 2.53. The van der Waals surface area contributed by atoms with Crippen LogP contribution < -0.4 is 11.1 Å². The maximum absolute atomic E-state index is 12.4. The third-order valence-electron chi connectivity index (χ3n) is 3.41. The molecule has 0 saturated carbocycles. The van der Waals surface area contributed by atoms with Crippen molar-refractivity contribution in [3.8, 4) is 0 Å². The summed E-state index contributed by atoms with van der Waals surface area (Å²) in [5.41, 5.74) is 7.78. The van der Waals surface area contributed by atoms with Crippen LogP contribution in [0.4, 0.5) is 10.8 Å². The van der Waals surface area contributed by atoms with E-state index >= 15 is 0 Å². The maximum atomic E-state index is 12.4. The lowest BCUT2D eigenvalue weighted by molar-refractivity contribution is -0.113. The second-order valence-corrected chi connectivity index (χ2v) is 8.16. The summed E-state index contributed by atoms with van der Waals surface area (Å²) in [6.07, 6.45) is 0.742. The van der Waals surface area contributed by atoms with E-state index in [9.17, 15) is 9.59 Å². The Morgan fingerprint density at radius 3 is 2.74 bits per heavy atom. The van der Waals surface area contributed by atoms with Crippen LogP contribution in [0, 0.1) is 12.8 Å². The number of thioether (sulfide) groups is 1. The van der Waals surface area contributed by atoms with Gasteiger partial charge in [-0.3, -0.25) is 4.79 Å². The minimum absolute atomic E-state index is 0.114. The lowest BCUT2D eigenvalue weighted by Gasteiger charge is -2.09. The fourth-order valence-corrected chi connectivity index (χ4v) is 4.12. The fraction of sp³-hybridized carbons (Fsp3) is 0.444. The van der Waals surface area contributed by atoms with E-state index in [0.29, 0.717) is 27.5 Å². The molecule has 0 aliphatic heterocycles. The topological polar surface area (TPSA) is 107 Å². The summed E-state index contributed by atoms with van der Waals surface area (Å²) in [6.45, 7) is 8.01. The Kier molecular flexibility index (Phi) is 7.61. The van der Waals surface area contributed by atoms with Crippen molar-refractivity contribution in [3.05, 3.63) is 28.3 Å². The molecule has 146 valence electrons. The number of thiophene rings is 1. The highest BCUT2D eigenvalue weighted by Gasteiger charge is 2.22. The van der Waals surface area contributed by atoms with Gasteiger partial charge < -0.3 is 15.8 Å². The SMILES string of the molecule is CCOC(=O)c1c(CC(C)C)csc1NC(=O)CSc1nc(C)cc(N)n1. The molecule has 0 atom stereocenters. The largest absolute Gasteiger partial charge is 0.462 e. The van der Waals surface area contributed by atoms with Crippen LogP contribution in [0.25, 0.3) is 0 Å². The average Bonchev–Trinajstić information content (AvgIpc) is 2.94. The standard InChI is InChI=1S/C18H24N4O3S2/c1-5-25-17(24)15-12(6-10(2)3)8-26-16(15)22-14(23)9-27-18-20-11(4)7-13(19)21-18/h7-8,10H,5-6,9H2,1-4H3,(H,22,23)(H2,19,20,21). The molecule has 1 amide bonds. The first-order valence-corrected chi connectivity index (χ1v) is 10.5. The highest BCUT2D eigenvalue weighted by molar-refractivity contribution is 7.99. The number of amides is 1. The molecule has 0 aliphatic carbocycles. The van der Waals surface area contributed by atoms with Crippen LogP contribution in [0.15, 0.2) is 16.6 Å². The third kappa shape index (κ3) is 6.21. The molecule has 0 unspecified atom stereocenters. The van der Waals surface area contributed by atoms with Crippen molar-refractivity contribution >= 4 is 45.8 Å². The summed E-state index contributed by atoms with van der Waals surface area (Å²) < 4.78 is 5.16. The van der Waals surface area contributed by atoms with E-state index in [0.717, 1.165) is 17.7 Å². The van der Waals surface area contributed by atoms with Crippen LogP contribution in [0.2, 0.25) is 0 Å². The number of ether oxygens (including phenoxy) is 1. The summed E-state index contributed by atoms with van der Waals surface area (Å²) in [5, 5.41) is 5.67. The van der Waals surface area contributed by atoms with Gasteiger partial charge >= 0.3 is 5.97 Å². The van der Waals surface area contributed by atoms with Crippen LogP contribution in [-0.4, -0.2) is 34.2 Å². The number of nitrogens with two attached hydrogens (primary N) is 1.